The van der Waals surface area contributed by atoms with Gasteiger partial charge in [-0.25, -0.2) is 0 Å². The first-order valence-electron chi connectivity index (χ1n) is 11.6. The maximum absolute atomic E-state index is 13.0. The molecule has 2 aromatic carbocycles. The molecule has 3 rings (SSSR count). The molecule has 1 fully saturated rings. The quantitative estimate of drug-likeness (QED) is 0.573. The fourth-order valence-electron chi connectivity index (χ4n) is 3.97. The number of ether oxygens (including phenoxy) is 2. The second-order valence-corrected chi connectivity index (χ2v) is 8.78. The summed E-state index contributed by atoms with van der Waals surface area (Å²) in [6.45, 7) is 7.26. The normalized spacial score (nSPS) is 14.7. The SMILES string of the molecule is COc1cc(OC)cc(C(=O)NC(C(=O)Nc2ccc(CCN3CCCC3)cc2)C(C)C)c1. The Balaban J connectivity index is 1.61. The Morgan fingerprint density at radius 3 is 2.12 bits per heavy atom. The summed E-state index contributed by atoms with van der Waals surface area (Å²) < 4.78 is 10.5. The van der Waals surface area contributed by atoms with E-state index < -0.39 is 6.04 Å². The van der Waals surface area contributed by atoms with E-state index in [-0.39, 0.29) is 17.7 Å². The van der Waals surface area contributed by atoms with E-state index in [0.717, 1.165) is 13.0 Å². The third-order valence-corrected chi connectivity index (χ3v) is 5.99. The van der Waals surface area contributed by atoms with E-state index in [4.69, 9.17) is 9.47 Å². The molecule has 2 aromatic rings. The Kier molecular flexibility index (Phi) is 8.72. The summed E-state index contributed by atoms with van der Waals surface area (Å²) in [6.07, 6.45) is 3.59. The number of benzene rings is 2. The number of hydrogen-bond acceptors (Lipinski definition) is 5. The van der Waals surface area contributed by atoms with Gasteiger partial charge in [0.2, 0.25) is 5.91 Å². The van der Waals surface area contributed by atoms with Crippen LogP contribution >= 0.6 is 0 Å². The molecule has 0 aromatic heterocycles. The second kappa shape index (κ2) is 11.7. The van der Waals surface area contributed by atoms with Crippen LogP contribution in [0.25, 0.3) is 0 Å². The first-order valence-corrected chi connectivity index (χ1v) is 11.6. The molecule has 0 spiro atoms. The zero-order valence-electron chi connectivity index (χ0n) is 20.0. The number of methoxy groups -OCH3 is 2. The van der Waals surface area contributed by atoms with E-state index >= 15 is 0 Å². The maximum atomic E-state index is 13.0. The lowest BCUT2D eigenvalue weighted by Crippen LogP contribution is -2.47. The first-order chi connectivity index (χ1) is 15.9. The molecule has 1 unspecified atom stereocenters. The average Bonchev–Trinajstić information content (AvgIpc) is 3.35. The van der Waals surface area contributed by atoms with Crippen molar-refractivity contribution in [3.63, 3.8) is 0 Å². The molecule has 0 saturated carbocycles. The molecule has 0 bridgehead atoms. The highest BCUT2D eigenvalue weighted by atomic mass is 16.5. The van der Waals surface area contributed by atoms with Crippen molar-refractivity contribution in [2.45, 2.75) is 39.2 Å². The van der Waals surface area contributed by atoms with E-state index in [1.807, 2.05) is 26.0 Å². The summed E-state index contributed by atoms with van der Waals surface area (Å²) in [5, 5.41) is 5.79. The number of hydrogen-bond donors (Lipinski definition) is 2. The molecule has 1 saturated heterocycles. The summed E-state index contributed by atoms with van der Waals surface area (Å²) in [7, 11) is 3.05. The van der Waals surface area contributed by atoms with Crippen LogP contribution < -0.4 is 20.1 Å². The lowest BCUT2D eigenvalue weighted by molar-refractivity contribution is -0.118. The predicted molar refractivity (Wildman–Crippen MR) is 130 cm³/mol. The van der Waals surface area contributed by atoms with E-state index in [2.05, 4.69) is 27.7 Å². The zero-order valence-corrected chi connectivity index (χ0v) is 20.0. The Hall–Kier alpha value is -3.06. The highest BCUT2D eigenvalue weighted by Gasteiger charge is 2.25. The van der Waals surface area contributed by atoms with Crippen LogP contribution in [0.4, 0.5) is 5.69 Å². The summed E-state index contributed by atoms with van der Waals surface area (Å²) >= 11 is 0. The van der Waals surface area contributed by atoms with Crippen LogP contribution in [-0.2, 0) is 11.2 Å². The van der Waals surface area contributed by atoms with Gasteiger partial charge in [0.05, 0.1) is 14.2 Å². The molecule has 33 heavy (non-hydrogen) atoms. The van der Waals surface area contributed by atoms with E-state index in [0.29, 0.717) is 22.7 Å². The molecule has 7 nitrogen and oxygen atoms in total. The van der Waals surface area contributed by atoms with Gasteiger partial charge >= 0.3 is 0 Å². The van der Waals surface area contributed by atoms with Gasteiger partial charge < -0.3 is 25.0 Å². The molecule has 1 aliphatic rings. The molecule has 0 radical (unpaired) electrons. The van der Waals surface area contributed by atoms with Gasteiger partial charge in [0.1, 0.15) is 17.5 Å². The van der Waals surface area contributed by atoms with E-state index in [1.54, 1.807) is 18.2 Å². The van der Waals surface area contributed by atoms with Crippen molar-refractivity contribution < 1.29 is 19.1 Å². The Morgan fingerprint density at radius 1 is 0.970 bits per heavy atom. The van der Waals surface area contributed by atoms with Gasteiger partial charge in [-0.2, -0.15) is 0 Å². The molecule has 1 heterocycles. The monoisotopic (exact) mass is 453 g/mol. The Morgan fingerprint density at radius 2 is 1.58 bits per heavy atom. The van der Waals surface area contributed by atoms with Gasteiger partial charge in [-0.1, -0.05) is 26.0 Å². The average molecular weight is 454 g/mol. The summed E-state index contributed by atoms with van der Waals surface area (Å²) in [5.41, 5.74) is 2.33. The van der Waals surface area contributed by atoms with E-state index in [1.165, 1.54) is 45.7 Å². The minimum absolute atomic E-state index is 0.0961. The van der Waals surface area contributed by atoms with Gasteiger partial charge in [-0.3, -0.25) is 9.59 Å². The number of carbonyl (C=O) groups is 2. The largest absolute Gasteiger partial charge is 0.497 e. The molecule has 1 atom stereocenters. The number of nitrogens with one attached hydrogen (secondary N) is 2. The van der Waals surface area contributed by atoms with Gasteiger partial charge in [-0.15, -0.1) is 0 Å². The van der Waals surface area contributed by atoms with Crippen LogP contribution in [0.3, 0.4) is 0 Å². The molecule has 7 heteroatoms. The van der Waals surface area contributed by atoms with Crippen LogP contribution in [0.15, 0.2) is 42.5 Å². The molecular weight excluding hydrogens is 418 g/mol. The Bertz CT molecular complexity index is 915. The molecular formula is C26H35N3O4. The third-order valence-electron chi connectivity index (χ3n) is 5.99. The van der Waals surface area contributed by atoms with Crippen molar-refractivity contribution in [1.29, 1.82) is 0 Å². The van der Waals surface area contributed by atoms with Crippen molar-refractivity contribution >= 4 is 17.5 Å². The number of anilines is 1. The first kappa shape index (κ1) is 24.6. The molecule has 1 aliphatic heterocycles. The van der Waals surface area contributed by atoms with Crippen LogP contribution in [0.2, 0.25) is 0 Å². The lowest BCUT2D eigenvalue weighted by Gasteiger charge is -2.22. The van der Waals surface area contributed by atoms with Crippen LogP contribution in [0.5, 0.6) is 11.5 Å². The fourth-order valence-corrected chi connectivity index (χ4v) is 3.97. The molecule has 2 N–H and O–H groups in total. The van der Waals surface area contributed by atoms with Crippen molar-refractivity contribution in [1.82, 2.24) is 10.2 Å². The van der Waals surface area contributed by atoms with Crippen LogP contribution in [0, 0.1) is 5.92 Å². The number of carbonyl (C=O) groups excluding carboxylic acids is 2. The van der Waals surface area contributed by atoms with Gasteiger partial charge in [0.15, 0.2) is 0 Å². The van der Waals surface area contributed by atoms with Crippen molar-refractivity contribution in [3.8, 4) is 11.5 Å². The molecule has 0 aliphatic carbocycles. The Labute approximate surface area is 196 Å². The van der Waals surface area contributed by atoms with Gasteiger partial charge in [0.25, 0.3) is 5.91 Å². The second-order valence-electron chi connectivity index (χ2n) is 8.78. The molecule has 2 amide bonds. The van der Waals surface area contributed by atoms with Crippen molar-refractivity contribution in [2.75, 3.05) is 39.2 Å². The van der Waals surface area contributed by atoms with Crippen molar-refractivity contribution in [3.05, 3.63) is 53.6 Å². The minimum Gasteiger partial charge on any atom is -0.497 e. The van der Waals surface area contributed by atoms with E-state index in [9.17, 15) is 9.59 Å². The predicted octanol–water partition coefficient (Wildman–Crippen LogP) is 3.74. The van der Waals surface area contributed by atoms with Crippen molar-refractivity contribution in [2.24, 2.45) is 5.92 Å². The highest BCUT2D eigenvalue weighted by Crippen LogP contribution is 2.23. The zero-order chi connectivity index (χ0) is 23.8. The number of amides is 2. The van der Waals surface area contributed by atoms with Gasteiger partial charge in [0, 0.05) is 23.9 Å². The minimum atomic E-state index is -0.690. The van der Waals surface area contributed by atoms with Crippen LogP contribution in [0.1, 0.15) is 42.6 Å². The fraction of sp³-hybridized carbons (Fsp3) is 0.462. The third kappa shape index (κ3) is 6.96. The van der Waals surface area contributed by atoms with Gasteiger partial charge in [-0.05, 0) is 68.1 Å². The van der Waals surface area contributed by atoms with Crippen LogP contribution in [-0.4, -0.2) is 56.6 Å². The molecule has 178 valence electrons. The number of likely N-dealkylation sites (tertiary alicyclic amines) is 1. The summed E-state index contributed by atoms with van der Waals surface area (Å²) in [4.78, 5) is 28.3. The number of rotatable bonds is 10. The summed E-state index contributed by atoms with van der Waals surface area (Å²) in [6, 6.07) is 12.2. The lowest BCUT2D eigenvalue weighted by atomic mass is 10.0. The summed E-state index contributed by atoms with van der Waals surface area (Å²) in [5.74, 6) is 0.308. The topological polar surface area (TPSA) is 79.9 Å². The highest BCUT2D eigenvalue weighted by molar-refractivity contribution is 6.01. The maximum Gasteiger partial charge on any atom is 0.252 e. The standard InChI is InChI=1S/C26H35N3O4/c1-18(2)24(28-25(30)20-15-22(32-3)17-23(16-20)33-4)26(31)27-21-9-7-19(8-10-21)11-14-29-12-5-6-13-29/h7-10,15-18,24H,5-6,11-14H2,1-4H3,(H,27,31)(H,28,30). The number of nitrogens with zero attached hydrogens (tertiary/aromatic N) is 1. The smallest absolute Gasteiger partial charge is 0.252 e.